The Morgan fingerprint density at radius 3 is 2.76 bits per heavy atom. The van der Waals surface area contributed by atoms with Gasteiger partial charge in [-0.1, -0.05) is 0 Å². The summed E-state index contributed by atoms with van der Waals surface area (Å²) in [5.74, 6) is -0.659. The molecule has 0 amide bonds. The third-order valence-electron chi connectivity index (χ3n) is 2.12. The zero-order valence-electron chi connectivity index (χ0n) is 8.84. The number of pyridine rings is 1. The maximum atomic E-state index is 12.8. The first kappa shape index (κ1) is 14.3. The van der Waals surface area contributed by atoms with Crippen LogP contribution in [0.3, 0.4) is 0 Å². The van der Waals surface area contributed by atoms with Crippen LogP contribution in [-0.2, 0) is 21.8 Å². The number of carbonyl (C=O) groups is 1. The molecule has 0 saturated carbocycles. The maximum Gasteiger partial charge on any atom is 0.310 e. The molecule has 1 aromatic rings. The molecule has 0 bridgehead atoms. The average Bonchev–Trinajstić information content (AvgIpc) is 2.30. The van der Waals surface area contributed by atoms with Crippen molar-refractivity contribution >= 4 is 33.5 Å². The number of hydrogen-bond acceptors (Lipinski definition) is 3. The second-order valence-corrected chi connectivity index (χ2v) is 4.23. The average molecular weight is 329 g/mol. The molecule has 0 unspecified atom stereocenters. The molecule has 0 atom stereocenters. The minimum Gasteiger partial charge on any atom is -0.469 e. The van der Waals surface area contributed by atoms with Crippen LogP contribution in [-0.4, -0.2) is 18.1 Å². The third kappa shape index (κ3) is 3.61. The van der Waals surface area contributed by atoms with E-state index >= 15 is 0 Å². The summed E-state index contributed by atoms with van der Waals surface area (Å²) in [6.45, 7) is 0. The van der Waals surface area contributed by atoms with Gasteiger partial charge < -0.3 is 4.74 Å². The zero-order chi connectivity index (χ0) is 13.0. The summed E-state index contributed by atoms with van der Waals surface area (Å²) in [5.41, 5.74) is 0.125. The van der Waals surface area contributed by atoms with Crippen molar-refractivity contribution in [3.8, 4) is 0 Å². The van der Waals surface area contributed by atoms with E-state index in [9.17, 15) is 13.6 Å². The van der Waals surface area contributed by atoms with E-state index < -0.39 is 12.4 Å². The van der Waals surface area contributed by atoms with E-state index in [2.05, 4.69) is 25.7 Å². The van der Waals surface area contributed by atoms with Crippen LogP contribution in [0.5, 0.6) is 0 Å². The Morgan fingerprint density at radius 1 is 1.65 bits per heavy atom. The van der Waals surface area contributed by atoms with Gasteiger partial charge in [0.05, 0.1) is 25.1 Å². The van der Waals surface area contributed by atoms with Crippen LogP contribution in [0.4, 0.5) is 8.78 Å². The van der Waals surface area contributed by atoms with Crippen molar-refractivity contribution in [2.75, 3.05) is 7.11 Å². The minimum atomic E-state index is -2.70. The van der Waals surface area contributed by atoms with E-state index in [1.807, 2.05) is 0 Å². The number of methoxy groups -OCH3 is 1. The maximum absolute atomic E-state index is 12.8. The lowest BCUT2D eigenvalue weighted by molar-refractivity contribution is -0.139. The Labute approximate surface area is 110 Å². The highest BCUT2D eigenvalue weighted by molar-refractivity contribution is 9.10. The molecule has 1 heterocycles. The molecule has 0 aliphatic carbocycles. The van der Waals surface area contributed by atoms with Gasteiger partial charge in [-0.15, -0.1) is 11.6 Å². The Bertz CT molecular complexity index is 429. The van der Waals surface area contributed by atoms with Crippen LogP contribution < -0.4 is 0 Å². The second-order valence-electron chi connectivity index (χ2n) is 3.15. The highest BCUT2D eigenvalue weighted by Gasteiger charge is 2.20. The molecule has 1 aromatic heterocycles. The molecular formula is C10H9BrClF2NO2. The fourth-order valence-corrected chi connectivity index (χ4v) is 2.02. The van der Waals surface area contributed by atoms with Crippen molar-refractivity contribution in [2.45, 2.75) is 18.7 Å². The largest absolute Gasteiger partial charge is 0.469 e. The summed E-state index contributed by atoms with van der Waals surface area (Å²) in [7, 11) is 1.19. The first-order valence-corrected chi connectivity index (χ1v) is 5.91. The fourth-order valence-electron chi connectivity index (χ4n) is 1.34. The summed E-state index contributed by atoms with van der Waals surface area (Å²) in [4.78, 5) is 15.1. The molecule has 0 aromatic carbocycles. The summed E-state index contributed by atoms with van der Waals surface area (Å²) in [6, 6.07) is 1.18. The number of rotatable bonds is 4. The van der Waals surface area contributed by atoms with Crippen LogP contribution in [0.25, 0.3) is 0 Å². The molecule has 94 valence electrons. The smallest absolute Gasteiger partial charge is 0.310 e. The minimum absolute atomic E-state index is 0.0501. The summed E-state index contributed by atoms with van der Waals surface area (Å²) < 4.78 is 30.4. The first-order chi connectivity index (χ1) is 7.99. The first-order valence-electron chi connectivity index (χ1n) is 4.58. The van der Waals surface area contributed by atoms with Gasteiger partial charge in [-0.2, -0.15) is 0 Å². The normalized spacial score (nSPS) is 10.7. The number of carbonyl (C=O) groups excluding carboxylic acids is 1. The predicted molar refractivity (Wildman–Crippen MR) is 62.2 cm³/mol. The second kappa shape index (κ2) is 6.26. The molecule has 7 heteroatoms. The van der Waals surface area contributed by atoms with Gasteiger partial charge in [-0.25, -0.2) is 13.8 Å². The predicted octanol–water partition coefficient (Wildman–Crippen LogP) is 3.24. The van der Waals surface area contributed by atoms with Crippen LogP contribution in [0.2, 0.25) is 0 Å². The molecule has 0 aliphatic rings. The lowest BCUT2D eigenvalue weighted by atomic mass is 10.0. The number of esters is 1. The highest BCUT2D eigenvalue weighted by atomic mass is 79.9. The van der Waals surface area contributed by atoms with Gasteiger partial charge in [0.15, 0.2) is 0 Å². The van der Waals surface area contributed by atoms with E-state index in [1.54, 1.807) is 0 Å². The van der Waals surface area contributed by atoms with Gasteiger partial charge in [0.1, 0.15) is 4.60 Å². The molecule has 17 heavy (non-hydrogen) atoms. The van der Waals surface area contributed by atoms with Crippen molar-refractivity contribution in [2.24, 2.45) is 0 Å². The van der Waals surface area contributed by atoms with Gasteiger partial charge >= 0.3 is 5.97 Å². The Morgan fingerprint density at radius 2 is 2.29 bits per heavy atom. The van der Waals surface area contributed by atoms with E-state index in [-0.39, 0.29) is 33.7 Å². The number of nitrogens with zero attached hydrogens (tertiary/aromatic N) is 1. The molecule has 0 spiro atoms. The molecule has 0 N–H and O–H groups in total. The Hall–Kier alpha value is -0.750. The van der Waals surface area contributed by atoms with Gasteiger partial charge in [-0.05, 0) is 27.6 Å². The van der Waals surface area contributed by atoms with Gasteiger partial charge in [0, 0.05) is 5.56 Å². The number of halogens is 4. The molecule has 0 radical (unpaired) electrons. The van der Waals surface area contributed by atoms with E-state index in [0.717, 1.165) is 0 Å². The molecule has 3 nitrogen and oxygen atoms in total. The van der Waals surface area contributed by atoms with Crippen LogP contribution in [0, 0.1) is 0 Å². The number of alkyl halides is 3. The van der Waals surface area contributed by atoms with Crippen LogP contribution >= 0.6 is 27.5 Å². The van der Waals surface area contributed by atoms with Crippen molar-refractivity contribution in [1.29, 1.82) is 0 Å². The number of ether oxygens (including phenoxy) is 1. The summed E-state index contributed by atoms with van der Waals surface area (Å²) in [5, 5.41) is 0. The lowest BCUT2D eigenvalue weighted by Crippen LogP contribution is -2.11. The Balaban J connectivity index is 3.26. The van der Waals surface area contributed by atoms with Crippen LogP contribution in [0.1, 0.15) is 23.2 Å². The zero-order valence-corrected chi connectivity index (χ0v) is 11.2. The van der Waals surface area contributed by atoms with Crippen molar-refractivity contribution in [1.82, 2.24) is 4.98 Å². The molecule has 0 fully saturated rings. The summed E-state index contributed by atoms with van der Waals surface area (Å²) >= 11 is 8.65. The van der Waals surface area contributed by atoms with Crippen molar-refractivity contribution in [3.63, 3.8) is 0 Å². The third-order valence-corrected chi connectivity index (χ3v) is 2.78. The van der Waals surface area contributed by atoms with E-state index in [1.165, 1.54) is 13.2 Å². The quantitative estimate of drug-likeness (QED) is 0.484. The van der Waals surface area contributed by atoms with Gasteiger partial charge in [0.2, 0.25) is 0 Å². The monoisotopic (exact) mass is 327 g/mol. The summed E-state index contributed by atoms with van der Waals surface area (Å²) in [6.07, 6.45) is -2.96. The molecule has 1 rings (SSSR count). The highest BCUT2D eigenvalue weighted by Crippen LogP contribution is 2.28. The van der Waals surface area contributed by atoms with Crippen molar-refractivity contribution in [3.05, 3.63) is 27.5 Å². The lowest BCUT2D eigenvalue weighted by Gasteiger charge is -2.12. The molecule has 0 aliphatic heterocycles. The number of aromatic nitrogens is 1. The topological polar surface area (TPSA) is 39.2 Å². The number of hydrogen-bond donors (Lipinski definition) is 0. The molecular weight excluding hydrogens is 319 g/mol. The van der Waals surface area contributed by atoms with Gasteiger partial charge in [-0.3, -0.25) is 4.79 Å². The molecule has 0 saturated heterocycles. The van der Waals surface area contributed by atoms with E-state index in [4.69, 9.17) is 11.6 Å². The van der Waals surface area contributed by atoms with E-state index in [0.29, 0.717) is 0 Å². The van der Waals surface area contributed by atoms with Gasteiger partial charge in [0.25, 0.3) is 6.43 Å². The SMILES string of the molecule is COC(=O)Cc1c(C(F)F)cc(Br)nc1CCl. The standard InChI is InChI=1S/C10H9BrClF2NO2/c1-17-9(16)3-5-6(10(13)14)2-8(11)15-7(5)4-12/h2,10H,3-4H2,1H3. The van der Waals surface area contributed by atoms with Crippen LogP contribution in [0.15, 0.2) is 10.7 Å². The Kier molecular flexibility index (Phi) is 5.27. The fraction of sp³-hybridized carbons (Fsp3) is 0.400. The van der Waals surface area contributed by atoms with Crippen molar-refractivity contribution < 1.29 is 18.3 Å².